The molecule has 0 aliphatic rings. The molecule has 0 spiro atoms. The Morgan fingerprint density at radius 2 is 1.19 bits per heavy atom. The van der Waals surface area contributed by atoms with Gasteiger partial charge in [-0.3, -0.25) is 0 Å². The minimum absolute atomic E-state index is 0.445. The maximum absolute atomic E-state index is 13.3. The van der Waals surface area contributed by atoms with Crippen LogP contribution in [-0.2, 0) is 0 Å². The molecule has 0 saturated carbocycles. The minimum atomic E-state index is -6.05. The minimum Gasteiger partial charge on any atom is -0.218 e. The van der Waals surface area contributed by atoms with Crippen molar-refractivity contribution < 1.29 is 30.7 Å². The first-order valence-corrected chi connectivity index (χ1v) is 4.14. The van der Waals surface area contributed by atoms with Crippen LogP contribution in [0.3, 0.4) is 0 Å². The molecule has 0 bridgehead atoms. The van der Waals surface area contributed by atoms with Crippen LogP contribution in [-0.4, -0.2) is 18.0 Å². The first-order valence-electron chi connectivity index (χ1n) is 4.14. The molecular formula is C9H9F7. The van der Waals surface area contributed by atoms with Crippen molar-refractivity contribution in [2.75, 3.05) is 0 Å². The van der Waals surface area contributed by atoms with Gasteiger partial charge in [-0.1, -0.05) is 18.2 Å². The summed E-state index contributed by atoms with van der Waals surface area (Å²) in [6, 6.07) is 0. The van der Waals surface area contributed by atoms with Crippen molar-refractivity contribution in [1.82, 2.24) is 0 Å². The highest BCUT2D eigenvalue weighted by atomic mass is 19.4. The van der Waals surface area contributed by atoms with E-state index in [2.05, 4.69) is 0 Å². The van der Waals surface area contributed by atoms with Gasteiger partial charge in [0.25, 0.3) is 0 Å². The zero-order chi connectivity index (χ0) is 13.2. The molecule has 0 amide bonds. The van der Waals surface area contributed by atoms with E-state index < -0.39 is 23.6 Å². The normalized spacial score (nSPS) is 15.9. The summed E-state index contributed by atoms with van der Waals surface area (Å²) >= 11 is 0. The van der Waals surface area contributed by atoms with Crippen molar-refractivity contribution in [2.45, 2.75) is 31.9 Å². The van der Waals surface area contributed by atoms with E-state index in [-0.39, 0.29) is 0 Å². The summed E-state index contributed by atoms with van der Waals surface area (Å²) in [4.78, 5) is 0. The Balaban J connectivity index is 5.79. The molecule has 7 heteroatoms. The van der Waals surface area contributed by atoms with Gasteiger partial charge in [-0.05, 0) is 13.8 Å². The number of rotatable bonds is 2. The van der Waals surface area contributed by atoms with Gasteiger partial charge in [0.05, 0.1) is 0 Å². The van der Waals surface area contributed by atoms with Gasteiger partial charge in [-0.2, -0.15) is 26.3 Å². The van der Waals surface area contributed by atoms with Gasteiger partial charge in [0.1, 0.15) is 0 Å². The smallest absolute Gasteiger partial charge is 0.218 e. The SMILES string of the molecule is CC=CC(=CC)C(F)(C(F)(F)F)C(F)(F)F. The number of hydrogen-bond donors (Lipinski definition) is 0. The summed E-state index contributed by atoms with van der Waals surface area (Å²) in [5.74, 6) is 0. The maximum atomic E-state index is 13.3. The van der Waals surface area contributed by atoms with Crippen LogP contribution in [0.1, 0.15) is 13.8 Å². The fourth-order valence-corrected chi connectivity index (χ4v) is 1.08. The summed E-state index contributed by atoms with van der Waals surface area (Å²) in [7, 11) is 0. The number of hydrogen-bond acceptors (Lipinski definition) is 0. The van der Waals surface area contributed by atoms with Gasteiger partial charge in [0.2, 0.25) is 0 Å². The lowest BCUT2D eigenvalue weighted by atomic mass is 9.93. The molecule has 0 nitrogen and oxygen atoms in total. The lowest BCUT2D eigenvalue weighted by molar-refractivity contribution is -0.325. The molecule has 0 aliphatic heterocycles. The second-order valence-electron chi connectivity index (χ2n) is 2.90. The number of allylic oxidation sites excluding steroid dienone is 4. The first-order chi connectivity index (χ1) is 7.02. The van der Waals surface area contributed by atoms with Gasteiger partial charge in [-0.15, -0.1) is 0 Å². The fourth-order valence-electron chi connectivity index (χ4n) is 1.08. The van der Waals surface area contributed by atoms with Crippen LogP contribution in [0.2, 0.25) is 0 Å². The number of alkyl halides is 7. The summed E-state index contributed by atoms with van der Waals surface area (Å²) in [6.07, 6.45) is -10.3. The molecule has 0 aromatic carbocycles. The molecule has 94 valence electrons. The predicted octanol–water partition coefficient (Wildman–Crippen LogP) is 4.34. The maximum Gasteiger partial charge on any atom is 0.435 e. The molecular weight excluding hydrogens is 241 g/mol. The zero-order valence-corrected chi connectivity index (χ0v) is 8.38. The first kappa shape index (κ1) is 15.0. The van der Waals surface area contributed by atoms with Crippen LogP contribution in [0.5, 0.6) is 0 Å². The third-order valence-electron chi connectivity index (χ3n) is 1.84. The van der Waals surface area contributed by atoms with E-state index >= 15 is 0 Å². The van der Waals surface area contributed by atoms with Crippen LogP contribution in [0.25, 0.3) is 0 Å². The lowest BCUT2D eigenvalue weighted by Gasteiger charge is -2.30. The van der Waals surface area contributed by atoms with Gasteiger partial charge >= 0.3 is 18.0 Å². The van der Waals surface area contributed by atoms with Crippen LogP contribution in [0.4, 0.5) is 30.7 Å². The van der Waals surface area contributed by atoms with Crippen LogP contribution in [0, 0.1) is 0 Å². The van der Waals surface area contributed by atoms with E-state index in [1.54, 1.807) is 0 Å². The van der Waals surface area contributed by atoms with E-state index in [1.807, 2.05) is 0 Å². The lowest BCUT2D eigenvalue weighted by Crippen LogP contribution is -2.54. The van der Waals surface area contributed by atoms with Crippen molar-refractivity contribution in [3.05, 3.63) is 23.8 Å². The molecule has 0 saturated heterocycles. The topological polar surface area (TPSA) is 0 Å². The molecule has 0 atom stereocenters. The van der Waals surface area contributed by atoms with Crippen molar-refractivity contribution >= 4 is 0 Å². The molecule has 0 fully saturated rings. The second-order valence-corrected chi connectivity index (χ2v) is 2.90. The van der Waals surface area contributed by atoms with Crippen LogP contribution < -0.4 is 0 Å². The Bertz CT molecular complexity index is 278. The second kappa shape index (κ2) is 4.47. The standard InChI is InChI=1S/C9H9F7/c1-3-5-6(4-2)7(10,8(11,12)13)9(14,15)16/h3-5H,1-2H3. The monoisotopic (exact) mass is 250 g/mol. The largest absolute Gasteiger partial charge is 0.435 e. The van der Waals surface area contributed by atoms with Crippen LogP contribution >= 0.6 is 0 Å². The quantitative estimate of drug-likeness (QED) is 0.505. The Morgan fingerprint density at radius 3 is 1.38 bits per heavy atom. The van der Waals surface area contributed by atoms with E-state index in [1.165, 1.54) is 6.92 Å². The Morgan fingerprint density at radius 1 is 0.812 bits per heavy atom. The van der Waals surface area contributed by atoms with Crippen molar-refractivity contribution in [3.8, 4) is 0 Å². The van der Waals surface area contributed by atoms with E-state index in [0.29, 0.717) is 12.2 Å². The molecule has 0 unspecified atom stereocenters. The highest BCUT2D eigenvalue weighted by Crippen LogP contribution is 2.50. The Labute approximate surface area is 87.4 Å². The highest BCUT2D eigenvalue weighted by Gasteiger charge is 2.73. The summed E-state index contributed by atoms with van der Waals surface area (Å²) in [6.45, 7) is 2.10. The van der Waals surface area contributed by atoms with Gasteiger partial charge in [-0.25, -0.2) is 4.39 Å². The Kier molecular flexibility index (Phi) is 4.18. The predicted molar refractivity (Wildman–Crippen MR) is 44.5 cm³/mol. The zero-order valence-electron chi connectivity index (χ0n) is 8.38. The van der Waals surface area contributed by atoms with Gasteiger partial charge < -0.3 is 0 Å². The number of halogens is 7. The van der Waals surface area contributed by atoms with Gasteiger partial charge in [0.15, 0.2) is 0 Å². The van der Waals surface area contributed by atoms with Gasteiger partial charge in [0, 0.05) is 5.57 Å². The summed E-state index contributed by atoms with van der Waals surface area (Å²) in [5, 5.41) is 0. The molecule has 0 aromatic heterocycles. The molecule has 16 heavy (non-hydrogen) atoms. The average molecular weight is 250 g/mol. The summed E-state index contributed by atoms with van der Waals surface area (Å²) in [5.41, 5.74) is -6.81. The van der Waals surface area contributed by atoms with E-state index in [4.69, 9.17) is 0 Å². The molecule has 0 aliphatic carbocycles. The summed E-state index contributed by atoms with van der Waals surface area (Å²) < 4.78 is 86.4. The molecule has 0 heterocycles. The molecule has 0 radical (unpaired) electrons. The molecule has 0 rings (SSSR count). The molecule has 0 N–H and O–H groups in total. The highest BCUT2D eigenvalue weighted by molar-refractivity contribution is 5.33. The van der Waals surface area contributed by atoms with E-state index in [9.17, 15) is 30.7 Å². The Hall–Kier alpha value is -1.01. The fraction of sp³-hybridized carbons (Fsp3) is 0.556. The van der Waals surface area contributed by atoms with E-state index in [0.717, 1.165) is 13.0 Å². The van der Waals surface area contributed by atoms with Crippen LogP contribution in [0.15, 0.2) is 23.8 Å². The third kappa shape index (κ3) is 2.38. The van der Waals surface area contributed by atoms with Crippen molar-refractivity contribution in [2.24, 2.45) is 0 Å². The van der Waals surface area contributed by atoms with Crippen molar-refractivity contribution in [1.29, 1.82) is 0 Å². The third-order valence-corrected chi connectivity index (χ3v) is 1.84. The van der Waals surface area contributed by atoms with Crippen molar-refractivity contribution in [3.63, 3.8) is 0 Å². The average Bonchev–Trinajstić information content (AvgIpc) is 2.09. The molecule has 0 aromatic rings.